The second-order valence-electron chi connectivity index (χ2n) is 5.94. The number of nitrogens with zero attached hydrogens (tertiary/aromatic N) is 1. The maximum Gasteiger partial charge on any atom is 0.0445 e. The first kappa shape index (κ1) is 15.6. The smallest absolute Gasteiger partial charge is 0.0445 e. The molecular formula is C22H25N. The molecule has 4 rings (SSSR count). The summed E-state index contributed by atoms with van der Waals surface area (Å²) in [5.74, 6) is 0. The third-order valence-corrected chi connectivity index (χ3v) is 4.65. The summed E-state index contributed by atoms with van der Waals surface area (Å²) in [6, 6.07) is 23.7. The van der Waals surface area contributed by atoms with Crippen LogP contribution in [0.1, 0.15) is 25.0 Å². The van der Waals surface area contributed by atoms with Gasteiger partial charge < -0.3 is 4.90 Å². The zero-order valence-electron chi connectivity index (χ0n) is 14.1. The van der Waals surface area contributed by atoms with Crippen LogP contribution in [-0.4, -0.2) is 13.1 Å². The Kier molecular flexibility index (Phi) is 4.97. The first-order valence-corrected chi connectivity index (χ1v) is 8.63. The molecule has 0 aromatic heterocycles. The van der Waals surface area contributed by atoms with Gasteiger partial charge in [0.2, 0.25) is 0 Å². The molecule has 1 aliphatic carbocycles. The summed E-state index contributed by atoms with van der Waals surface area (Å²) >= 11 is 0. The van der Waals surface area contributed by atoms with Crippen LogP contribution in [0.3, 0.4) is 0 Å². The highest BCUT2D eigenvalue weighted by molar-refractivity contribution is 5.94. The first-order chi connectivity index (χ1) is 11.3. The molecule has 23 heavy (non-hydrogen) atoms. The minimum atomic E-state index is 1.06. The molecule has 0 amide bonds. The van der Waals surface area contributed by atoms with Crippen molar-refractivity contribution in [3.05, 3.63) is 77.9 Å². The summed E-state index contributed by atoms with van der Waals surface area (Å²) in [5.41, 5.74) is 4.44. The molecule has 3 aromatic carbocycles. The Labute approximate surface area is 139 Å². The molecule has 0 aliphatic heterocycles. The Hall–Kier alpha value is -2.28. The van der Waals surface area contributed by atoms with Crippen LogP contribution in [-0.2, 0) is 12.8 Å². The number of aryl methyl sites for hydroxylation is 2. The number of anilines is 1. The fourth-order valence-electron chi connectivity index (χ4n) is 3.19. The fraction of sp³-hybridized carbons (Fsp3) is 0.273. The van der Waals surface area contributed by atoms with E-state index in [1.807, 2.05) is 0 Å². The highest BCUT2D eigenvalue weighted by atomic mass is 15.1. The van der Waals surface area contributed by atoms with Gasteiger partial charge in [0.15, 0.2) is 0 Å². The normalized spacial score (nSPS) is 11.9. The third kappa shape index (κ3) is 3.39. The topological polar surface area (TPSA) is 3.24 Å². The van der Waals surface area contributed by atoms with E-state index in [0.29, 0.717) is 0 Å². The molecule has 0 radical (unpaired) electrons. The third-order valence-electron chi connectivity index (χ3n) is 4.65. The molecule has 0 atom stereocenters. The van der Waals surface area contributed by atoms with Gasteiger partial charge in [0.25, 0.3) is 0 Å². The van der Waals surface area contributed by atoms with Gasteiger partial charge in [0, 0.05) is 24.2 Å². The Bertz CT molecular complexity index is 743. The van der Waals surface area contributed by atoms with Crippen LogP contribution in [0.25, 0.3) is 10.8 Å². The van der Waals surface area contributed by atoms with Gasteiger partial charge in [-0.3, -0.25) is 0 Å². The van der Waals surface area contributed by atoms with Crippen molar-refractivity contribution in [3.8, 4) is 0 Å². The van der Waals surface area contributed by atoms with Gasteiger partial charge in [0.1, 0.15) is 0 Å². The lowest BCUT2D eigenvalue weighted by Gasteiger charge is -2.22. The molecule has 0 heterocycles. The Morgan fingerprint density at radius 3 is 1.83 bits per heavy atom. The second kappa shape index (κ2) is 7.32. The predicted octanol–water partition coefficient (Wildman–Crippen LogP) is 5.47. The number of hydrogen-bond acceptors (Lipinski definition) is 1. The molecule has 0 bridgehead atoms. The van der Waals surface area contributed by atoms with Gasteiger partial charge in [-0.25, -0.2) is 0 Å². The molecule has 0 saturated heterocycles. The van der Waals surface area contributed by atoms with Crippen molar-refractivity contribution in [2.45, 2.75) is 26.7 Å². The second-order valence-corrected chi connectivity index (χ2v) is 5.94. The lowest BCUT2D eigenvalue weighted by molar-refractivity contribution is 0.839. The van der Waals surface area contributed by atoms with E-state index in [1.54, 1.807) is 11.1 Å². The summed E-state index contributed by atoms with van der Waals surface area (Å²) in [5, 5.41) is 2.67. The molecule has 0 N–H and O–H groups in total. The van der Waals surface area contributed by atoms with E-state index in [0.717, 1.165) is 13.1 Å². The lowest BCUT2D eigenvalue weighted by atomic mass is 9.89. The standard InChI is InChI=1S/C14H17N.C8H8/c1-3-15(4-2)14-11-7-9-12-8-5-6-10-13(12)14;1-2-4-8-6-5-7(8)3-1/h5-11H,3-4H2,1-2H3;1-4H,5-6H2. The van der Waals surface area contributed by atoms with Crippen molar-refractivity contribution in [1.82, 2.24) is 0 Å². The van der Waals surface area contributed by atoms with E-state index >= 15 is 0 Å². The highest BCUT2D eigenvalue weighted by Crippen LogP contribution is 2.26. The average Bonchev–Trinajstić information content (AvgIpc) is 2.58. The molecule has 3 aromatic rings. The molecule has 118 valence electrons. The number of rotatable bonds is 3. The van der Waals surface area contributed by atoms with Crippen molar-refractivity contribution in [1.29, 1.82) is 0 Å². The van der Waals surface area contributed by atoms with Crippen LogP contribution < -0.4 is 4.90 Å². The van der Waals surface area contributed by atoms with Gasteiger partial charge in [-0.2, -0.15) is 0 Å². The van der Waals surface area contributed by atoms with Crippen LogP contribution in [0.4, 0.5) is 5.69 Å². The molecule has 0 fully saturated rings. The number of hydrogen-bond donors (Lipinski definition) is 0. The van der Waals surface area contributed by atoms with Crippen molar-refractivity contribution < 1.29 is 0 Å². The average molecular weight is 303 g/mol. The Morgan fingerprint density at radius 2 is 1.26 bits per heavy atom. The Balaban J connectivity index is 0.000000162. The van der Waals surface area contributed by atoms with E-state index in [-0.39, 0.29) is 0 Å². The lowest BCUT2D eigenvalue weighted by Crippen LogP contribution is -2.21. The molecular weight excluding hydrogens is 278 g/mol. The molecule has 0 spiro atoms. The Morgan fingerprint density at radius 1 is 0.696 bits per heavy atom. The fourth-order valence-corrected chi connectivity index (χ4v) is 3.19. The van der Waals surface area contributed by atoms with Crippen molar-refractivity contribution >= 4 is 16.5 Å². The first-order valence-electron chi connectivity index (χ1n) is 8.63. The van der Waals surface area contributed by atoms with Crippen LogP contribution in [0.2, 0.25) is 0 Å². The monoisotopic (exact) mass is 303 g/mol. The quantitative estimate of drug-likeness (QED) is 0.620. The summed E-state index contributed by atoms with van der Waals surface area (Å²) < 4.78 is 0. The minimum absolute atomic E-state index is 1.06. The van der Waals surface area contributed by atoms with Crippen molar-refractivity contribution in [2.24, 2.45) is 0 Å². The minimum Gasteiger partial charge on any atom is -0.372 e. The zero-order valence-corrected chi connectivity index (χ0v) is 14.1. The molecule has 0 saturated carbocycles. The summed E-state index contributed by atoms with van der Waals surface area (Å²) in [4.78, 5) is 2.39. The van der Waals surface area contributed by atoms with E-state index in [1.165, 1.54) is 29.3 Å². The molecule has 1 aliphatic rings. The van der Waals surface area contributed by atoms with E-state index in [4.69, 9.17) is 0 Å². The van der Waals surface area contributed by atoms with Gasteiger partial charge in [-0.05, 0) is 49.3 Å². The summed E-state index contributed by atoms with van der Waals surface area (Å²) in [7, 11) is 0. The van der Waals surface area contributed by atoms with Gasteiger partial charge >= 0.3 is 0 Å². The van der Waals surface area contributed by atoms with Crippen LogP contribution in [0.15, 0.2) is 66.7 Å². The highest BCUT2D eigenvalue weighted by Gasteiger charge is 2.09. The van der Waals surface area contributed by atoms with Crippen molar-refractivity contribution in [3.63, 3.8) is 0 Å². The SMILES string of the molecule is CCN(CC)c1cccc2ccccc12.c1ccc2c(c1)CC2. The van der Waals surface area contributed by atoms with Gasteiger partial charge in [0.05, 0.1) is 0 Å². The van der Waals surface area contributed by atoms with Crippen LogP contribution in [0, 0.1) is 0 Å². The van der Waals surface area contributed by atoms with Crippen LogP contribution in [0.5, 0.6) is 0 Å². The van der Waals surface area contributed by atoms with E-state index < -0.39 is 0 Å². The van der Waals surface area contributed by atoms with Crippen molar-refractivity contribution in [2.75, 3.05) is 18.0 Å². The summed E-state index contributed by atoms with van der Waals surface area (Å²) in [6.45, 7) is 6.52. The molecule has 0 unspecified atom stereocenters. The van der Waals surface area contributed by atoms with Gasteiger partial charge in [-0.1, -0.05) is 60.7 Å². The van der Waals surface area contributed by atoms with E-state index in [9.17, 15) is 0 Å². The number of benzene rings is 3. The number of fused-ring (bicyclic) bond motifs is 2. The molecule has 1 nitrogen and oxygen atoms in total. The van der Waals surface area contributed by atoms with Crippen LogP contribution >= 0.6 is 0 Å². The summed E-state index contributed by atoms with van der Waals surface area (Å²) in [6.07, 6.45) is 2.60. The zero-order chi connectivity index (χ0) is 16.1. The van der Waals surface area contributed by atoms with E-state index in [2.05, 4.69) is 85.5 Å². The molecule has 1 heteroatoms. The predicted molar refractivity (Wildman–Crippen MR) is 101 cm³/mol. The largest absolute Gasteiger partial charge is 0.372 e. The maximum absolute atomic E-state index is 2.39. The van der Waals surface area contributed by atoms with Gasteiger partial charge in [-0.15, -0.1) is 0 Å². The maximum atomic E-state index is 2.39.